The van der Waals surface area contributed by atoms with Crippen molar-refractivity contribution in [2.45, 2.75) is 73.9 Å². The van der Waals surface area contributed by atoms with E-state index in [1.807, 2.05) is 19.1 Å². The number of aryl methyl sites for hydroxylation is 1. The van der Waals surface area contributed by atoms with E-state index in [0.29, 0.717) is 4.90 Å². The van der Waals surface area contributed by atoms with Crippen LogP contribution in [0, 0.1) is 6.92 Å². The lowest BCUT2D eigenvalue weighted by Crippen LogP contribution is -2.55. The highest BCUT2D eigenvalue weighted by Gasteiger charge is 2.77. The van der Waals surface area contributed by atoms with Crippen molar-refractivity contribution in [2.24, 2.45) is 0 Å². The highest BCUT2D eigenvalue weighted by Crippen LogP contribution is 2.64. The molecule has 1 N–H and O–H groups in total. The van der Waals surface area contributed by atoms with E-state index < -0.39 is 21.2 Å². The summed E-state index contributed by atoms with van der Waals surface area (Å²) < 4.78 is 27.8. The molecule has 1 saturated heterocycles. The maximum absolute atomic E-state index is 13.1. The number of hydrogen-bond acceptors (Lipinski definition) is 3. The fourth-order valence-electron chi connectivity index (χ4n) is 4.63. The molecule has 0 bridgehead atoms. The summed E-state index contributed by atoms with van der Waals surface area (Å²) in [6.45, 7) is 1.95. The summed E-state index contributed by atoms with van der Waals surface area (Å²) in [5, 5.41) is 11.0. The molecule has 3 unspecified atom stereocenters. The van der Waals surface area contributed by atoms with E-state index in [1.165, 1.54) is 0 Å². The van der Waals surface area contributed by atoms with E-state index in [-0.39, 0.29) is 6.04 Å². The number of hydrogen-bond donors (Lipinski definition) is 1. The quantitative estimate of drug-likeness (QED) is 0.871. The Bertz CT molecular complexity index is 693. The smallest absolute Gasteiger partial charge is 0.244 e. The Hall–Kier alpha value is -0.910. The van der Waals surface area contributed by atoms with Crippen LogP contribution in [-0.2, 0) is 10.0 Å². The standard InChI is InChI=1S/C17H23NO3S/c1-13-6-8-14(9-7-13)22(20,21)18-15-5-2-3-12-17(15,18)16(19)10-4-11-16/h6-9,15,19H,2-5,10-12H2,1H3. The molecule has 2 saturated carbocycles. The van der Waals surface area contributed by atoms with Crippen molar-refractivity contribution >= 4 is 10.0 Å². The van der Waals surface area contributed by atoms with E-state index in [2.05, 4.69) is 0 Å². The zero-order valence-electron chi connectivity index (χ0n) is 13.0. The third-order valence-electron chi connectivity index (χ3n) is 6.01. The monoisotopic (exact) mass is 321 g/mol. The van der Waals surface area contributed by atoms with E-state index in [4.69, 9.17) is 0 Å². The minimum Gasteiger partial charge on any atom is -0.388 e. The van der Waals surface area contributed by atoms with Gasteiger partial charge in [0.25, 0.3) is 0 Å². The maximum atomic E-state index is 13.1. The minimum atomic E-state index is -3.51. The van der Waals surface area contributed by atoms with Gasteiger partial charge in [-0.1, -0.05) is 30.5 Å². The normalized spacial score (nSPS) is 36.3. The van der Waals surface area contributed by atoms with Crippen molar-refractivity contribution in [1.29, 1.82) is 0 Å². The van der Waals surface area contributed by atoms with Crippen molar-refractivity contribution < 1.29 is 13.5 Å². The summed E-state index contributed by atoms with van der Waals surface area (Å²) in [6.07, 6.45) is 6.24. The summed E-state index contributed by atoms with van der Waals surface area (Å²) in [6, 6.07) is 7.05. The molecule has 3 fully saturated rings. The molecule has 120 valence electrons. The first kappa shape index (κ1) is 14.7. The Kier molecular flexibility index (Phi) is 3.04. The van der Waals surface area contributed by atoms with Crippen LogP contribution < -0.4 is 0 Å². The van der Waals surface area contributed by atoms with Gasteiger partial charge in [0.05, 0.1) is 16.0 Å². The second kappa shape index (κ2) is 4.56. The predicted molar refractivity (Wildman–Crippen MR) is 84.0 cm³/mol. The molecule has 4 rings (SSSR count). The number of rotatable bonds is 3. The molecule has 3 aliphatic rings. The van der Waals surface area contributed by atoms with Crippen LogP contribution in [0.5, 0.6) is 0 Å². The average Bonchev–Trinajstić information content (AvgIpc) is 3.16. The van der Waals surface area contributed by atoms with Gasteiger partial charge in [0.15, 0.2) is 0 Å². The first-order valence-electron chi connectivity index (χ1n) is 8.25. The molecular weight excluding hydrogens is 298 g/mol. The average molecular weight is 321 g/mol. The first-order valence-corrected chi connectivity index (χ1v) is 9.69. The second-order valence-electron chi connectivity index (χ2n) is 7.18. The summed E-state index contributed by atoms with van der Waals surface area (Å²) in [5.41, 5.74) is -0.266. The van der Waals surface area contributed by atoms with Crippen molar-refractivity contribution in [3.05, 3.63) is 29.8 Å². The van der Waals surface area contributed by atoms with Gasteiger partial charge in [-0.3, -0.25) is 0 Å². The van der Waals surface area contributed by atoms with E-state index in [0.717, 1.165) is 50.5 Å². The molecule has 0 radical (unpaired) electrons. The lowest BCUT2D eigenvalue weighted by Gasteiger charge is -2.45. The van der Waals surface area contributed by atoms with Gasteiger partial charge >= 0.3 is 0 Å². The third-order valence-corrected chi connectivity index (χ3v) is 7.98. The predicted octanol–water partition coefficient (Wildman–Crippen LogP) is 2.60. The molecule has 1 aromatic rings. The molecule has 1 aliphatic heterocycles. The largest absolute Gasteiger partial charge is 0.388 e. The third kappa shape index (κ3) is 1.73. The summed E-state index contributed by atoms with van der Waals surface area (Å²) >= 11 is 0. The van der Waals surface area contributed by atoms with Crippen LogP contribution >= 0.6 is 0 Å². The fourth-order valence-corrected chi connectivity index (χ4v) is 6.72. The fraction of sp³-hybridized carbons (Fsp3) is 0.647. The van der Waals surface area contributed by atoms with Crippen molar-refractivity contribution in [3.63, 3.8) is 0 Å². The zero-order valence-corrected chi connectivity index (χ0v) is 13.8. The first-order chi connectivity index (χ1) is 10.4. The highest BCUT2D eigenvalue weighted by molar-refractivity contribution is 7.89. The lowest BCUT2D eigenvalue weighted by atomic mass is 9.65. The Morgan fingerprint density at radius 3 is 2.36 bits per heavy atom. The molecule has 3 atom stereocenters. The van der Waals surface area contributed by atoms with E-state index >= 15 is 0 Å². The lowest BCUT2D eigenvalue weighted by molar-refractivity contribution is -0.0816. The highest BCUT2D eigenvalue weighted by atomic mass is 32.2. The summed E-state index contributed by atoms with van der Waals surface area (Å²) in [7, 11) is -3.51. The Labute approximate surface area is 132 Å². The molecule has 0 aromatic heterocycles. The number of fused-ring (bicyclic) bond motifs is 1. The number of benzene rings is 1. The molecule has 0 spiro atoms. The Balaban J connectivity index is 1.74. The molecule has 4 nitrogen and oxygen atoms in total. The van der Waals surface area contributed by atoms with Gasteiger partial charge in [-0.25, -0.2) is 8.42 Å². The second-order valence-corrected chi connectivity index (χ2v) is 9.00. The Morgan fingerprint density at radius 2 is 1.77 bits per heavy atom. The minimum absolute atomic E-state index is 0.00199. The van der Waals surface area contributed by atoms with Gasteiger partial charge in [-0.15, -0.1) is 0 Å². The molecule has 0 amide bonds. The van der Waals surface area contributed by atoms with Gasteiger partial charge in [0, 0.05) is 6.04 Å². The molecule has 22 heavy (non-hydrogen) atoms. The van der Waals surface area contributed by atoms with Crippen LogP contribution in [-0.4, -0.2) is 35.0 Å². The molecule has 5 heteroatoms. The van der Waals surface area contributed by atoms with E-state index in [1.54, 1.807) is 16.4 Å². The Morgan fingerprint density at radius 1 is 1.09 bits per heavy atom. The number of nitrogens with zero attached hydrogens (tertiary/aromatic N) is 1. The van der Waals surface area contributed by atoms with Crippen LogP contribution in [0.2, 0.25) is 0 Å². The molecule has 1 aromatic carbocycles. The molecular formula is C17H23NO3S. The maximum Gasteiger partial charge on any atom is 0.244 e. The summed E-state index contributed by atoms with van der Waals surface area (Å²) in [4.78, 5) is 0.356. The van der Waals surface area contributed by atoms with Crippen molar-refractivity contribution in [1.82, 2.24) is 4.31 Å². The van der Waals surface area contributed by atoms with Gasteiger partial charge in [-0.2, -0.15) is 4.31 Å². The number of sulfonamides is 1. The van der Waals surface area contributed by atoms with Crippen LogP contribution in [0.3, 0.4) is 0 Å². The van der Waals surface area contributed by atoms with E-state index in [9.17, 15) is 13.5 Å². The van der Waals surface area contributed by atoms with Crippen molar-refractivity contribution in [2.75, 3.05) is 0 Å². The topological polar surface area (TPSA) is 57.4 Å². The summed E-state index contributed by atoms with van der Waals surface area (Å²) in [5.74, 6) is 0. The van der Waals surface area contributed by atoms with Crippen molar-refractivity contribution in [3.8, 4) is 0 Å². The SMILES string of the molecule is Cc1ccc(S(=O)(=O)N2C3CCCCC32C2(O)CCC2)cc1. The van der Waals surface area contributed by atoms with Crippen LogP contribution in [0.1, 0.15) is 50.5 Å². The zero-order chi connectivity index (χ0) is 15.6. The van der Waals surface area contributed by atoms with Gasteiger partial charge in [0.1, 0.15) is 0 Å². The van der Waals surface area contributed by atoms with Crippen LogP contribution in [0.25, 0.3) is 0 Å². The van der Waals surface area contributed by atoms with Gasteiger partial charge < -0.3 is 5.11 Å². The molecule has 2 aliphatic carbocycles. The van der Waals surface area contributed by atoms with Crippen LogP contribution in [0.4, 0.5) is 0 Å². The molecule has 1 heterocycles. The number of aliphatic hydroxyl groups is 1. The van der Waals surface area contributed by atoms with Gasteiger partial charge in [-0.05, 0) is 51.2 Å². The van der Waals surface area contributed by atoms with Gasteiger partial charge in [0.2, 0.25) is 10.0 Å². The van der Waals surface area contributed by atoms with Crippen LogP contribution in [0.15, 0.2) is 29.2 Å².